The van der Waals surface area contributed by atoms with Gasteiger partial charge in [-0.15, -0.1) is 0 Å². The van der Waals surface area contributed by atoms with Gasteiger partial charge in [-0.2, -0.15) is 0 Å². The highest BCUT2D eigenvalue weighted by molar-refractivity contribution is 5.77. The minimum absolute atomic E-state index is 0.307. The van der Waals surface area contributed by atoms with E-state index in [0.717, 1.165) is 38.3 Å². The van der Waals surface area contributed by atoms with Crippen LogP contribution in [0.4, 0.5) is 21.7 Å². The molecule has 0 saturated carbocycles. The number of ether oxygens (including phenoxy) is 1. The molecular formula is C18H21FN5O. The van der Waals surface area contributed by atoms with Gasteiger partial charge in [0.1, 0.15) is 5.82 Å². The fourth-order valence-electron chi connectivity index (χ4n) is 3.27. The van der Waals surface area contributed by atoms with Gasteiger partial charge in [-0.3, -0.25) is 0 Å². The number of morpholine rings is 1. The normalized spacial score (nSPS) is 18.0. The highest BCUT2D eigenvalue weighted by Gasteiger charge is 2.19. The van der Waals surface area contributed by atoms with Crippen molar-refractivity contribution >= 4 is 17.3 Å². The Morgan fingerprint density at radius 2 is 1.80 bits per heavy atom. The average molecular weight is 342 g/mol. The quantitative estimate of drug-likeness (QED) is 0.862. The molecule has 0 atom stereocenters. The standard InChI is InChI=1S/C18H21FN5O/c19-15-10-17(23-3-1-2-4-23)16(20)9-14(15)13-11-21-18(22-12-13)24-5-7-25-8-6-24/h1,9-12H,2-8,20H2. The summed E-state index contributed by atoms with van der Waals surface area (Å²) in [6.45, 7) is 4.56. The Hall–Kier alpha value is -2.41. The summed E-state index contributed by atoms with van der Waals surface area (Å²) in [6.07, 6.45) is 6.47. The Balaban J connectivity index is 1.59. The van der Waals surface area contributed by atoms with Gasteiger partial charge in [0.25, 0.3) is 0 Å². The molecule has 1 radical (unpaired) electrons. The molecule has 2 saturated heterocycles. The molecule has 2 fully saturated rings. The Morgan fingerprint density at radius 3 is 2.48 bits per heavy atom. The molecule has 2 aliphatic heterocycles. The zero-order valence-corrected chi connectivity index (χ0v) is 14.0. The van der Waals surface area contributed by atoms with Crippen LogP contribution in [-0.4, -0.2) is 49.4 Å². The maximum atomic E-state index is 14.6. The van der Waals surface area contributed by atoms with Crippen molar-refractivity contribution in [3.05, 3.63) is 36.8 Å². The molecule has 6 nitrogen and oxygen atoms in total. The Morgan fingerprint density at radius 1 is 1.04 bits per heavy atom. The number of hydrogen-bond acceptors (Lipinski definition) is 6. The van der Waals surface area contributed by atoms with Gasteiger partial charge in [0, 0.05) is 49.7 Å². The van der Waals surface area contributed by atoms with Gasteiger partial charge in [-0.1, -0.05) is 0 Å². The van der Waals surface area contributed by atoms with Gasteiger partial charge in [0.15, 0.2) is 0 Å². The highest BCUT2D eigenvalue weighted by Crippen LogP contribution is 2.33. The number of nitrogens with zero attached hydrogens (tertiary/aromatic N) is 4. The zero-order valence-electron chi connectivity index (χ0n) is 14.0. The third-order valence-corrected chi connectivity index (χ3v) is 4.65. The number of aromatic nitrogens is 2. The number of hydrogen-bond donors (Lipinski definition) is 1. The van der Waals surface area contributed by atoms with Crippen LogP contribution in [0.25, 0.3) is 11.1 Å². The second kappa shape index (κ2) is 6.84. The van der Waals surface area contributed by atoms with Crippen LogP contribution in [0, 0.1) is 12.2 Å². The smallest absolute Gasteiger partial charge is 0.225 e. The van der Waals surface area contributed by atoms with E-state index in [4.69, 9.17) is 10.5 Å². The van der Waals surface area contributed by atoms with E-state index in [1.54, 1.807) is 18.5 Å². The van der Waals surface area contributed by atoms with Gasteiger partial charge in [-0.05, 0) is 25.0 Å². The van der Waals surface area contributed by atoms with Crippen LogP contribution in [0.15, 0.2) is 24.5 Å². The van der Waals surface area contributed by atoms with Crippen molar-refractivity contribution in [2.24, 2.45) is 0 Å². The van der Waals surface area contributed by atoms with Crippen molar-refractivity contribution in [2.45, 2.75) is 6.42 Å². The van der Waals surface area contributed by atoms with E-state index in [9.17, 15) is 4.39 Å². The molecular weight excluding hydrogens is 321 g/mol. The van der Waals surface area contributed by atoms with Crippen molar-refractivity contribution in [1.29, 1.82) is 0 Å². The number of nitrogen functional groups attached to an aromatic ring is 1. The monoisotopic (exact) mass is 342 g/mol. The predicted octanol–water partition coefficient (Wildman–Crippen LogP) is 2.12. The van der Waals surface area contributed by atoms with Crippen LogP contribution in [-0.2, 0) is 4.74 Å². The molecule has 3 heterocycles. The molecule has 1 aromatic carbocycles. The summed E-state index contributed by atoms with van der Waals surface area (Å²) in [5, 5.41) is 0. The Labute approximate surface area is 146 Å². The molecule has 25 heavy (non-hydrogen) atoms. The van der Waals surface area contributed by atoms with Crippen LogP contribution < -0.4 is 15.5 Å². The fraction of sp³-hybridized carbons (Fsp3) is 0.389. The van der Waals surface area contributed by atoms with E-state index in [1.807, 2.05) is 0 Å². The van der Waals surface area contributed by atoms with Crippen molar-refractivity contribution in [2.75, 3.05) is 54.9 Å². The van der Waals surface area contributed by atoms with Crippen LogP contribution in [0.2, 0.25) is 0 Å². The summed E-state index contributed by atoms with van der Waals surface area (Å²) >= 11 is 0. The van der Waals surface area contributed by atoms with Gasteiger partial charge < -0.3 is 20.3 Å². The molecule has 1 aromatic heterocycles. The summed E-state index contributed by atoms with van der Waals surface area (Å²) in [7, 11) is 0. The first-order chi connectivity index (χ1) is 12.2. The van der Waals surface area contributed by atoms with Crippen LogP contribution in [0.1, 0.15) is 6.42 Å². The van der Waals surface area contributed by atoms with Crippen molar-refractivity contribution in [1.82, 2.24) is 9.97 Å². The summed E-state index contributed by atoms with van der Waals surface area (Å²) in [5.74, 6) is 0.337. The van der Waals surface area contributed by atoms with E-state index in [-0.39, 0.29) is 5.82 Å². The SMILES string of the molecule is Nc1cc(-c2cnc(N3CCOCC3)nc2)c(F)cc1N1C[CH]CC1. The second-order valence-electron chi connectivity index (χ2n) is 6.29. The minimum atomic E-state index is -0.307. The van der Waals surface area contributed by atoms with E-state index < -0.39 is 0 Å². The lowest BCUT2D eigenvalue weighted by Gasteiger charge is -2.26. The summed E-state index contributed by atoms with van der Waals surface area (Å²) < 4.78 is 20.0. The van der Waals surface area contributed by atoms with Crippen LogP contribution in [0.5, 0.6) is 0 Å². The molecule has 7 heteroatoms. The minimum Gasteiger partial charge on any atom is -0.397 e. The van der Waals surface area contributed by atoms with E-state index in [1.165, 1.54) is 6.07 Å². The number of anilines is 3. The van der Waals surface area contributed by atoms with E-state index >= 15 is 0 Å². The molecule has 2 aromatic rings. The largest absolute Gasteiger partial charge is 0.397 e. The first-order valence-corrected chi connectivity index (χ1v) is 8.53. The second-order valence-corrected chi connectivity index (χ2v) is 6.29. The third kappa shape index (κ3) is 3.24. The third-order valence-electron chi connectivity index (χ3n) is 4.65. The molecule has 0 unspecified atom stereocenters. The van der Waals surface area contributed by atoms with Gasteiger partial charge >= 0.3 is 0 Å². The van der Waals surface area contributed by atoms with Crippen LogP contribution in [0.3, 0.4) is 0 Å². The zero-order chi connectivity index (χ0) is 17.2. The first kappa shape index (κ1) is 16.1. The van der Waals surface area contributed by atoms with Crippen molar-refractivity contribution in [3.8, 4) is 11.1 Å². The average Bonchev–Trinajstić information content (AvgIpc) is 3.19. The maximum Gasteiger partial charge on any atom is 0.225 e. The summed E-state index contributed by atoms with van der Waals surface area (Å²) in [5.41, 5.74) is 8.55. The molecule has 0 spiro atoms. The number of halogens is 1. The molecule has 0 bridgehead atoms. The maximum absolute atomic E-state index is 14.6. The lowest BCUT2D eigenvalue weighted by molar-refractivity contribution is 0.122. The molecule has 131 valence electrons. The van der Waals surface area contributed by atoms with Gasteiger partial charge in [-0.25, -0.2) is 14.4 Å². The number of benzene rings is 1. The van der Waals surface area contributed by atoms with E-state index in [0.29, 0.717) is 36.0 Å². The lowest BCUT2D eigenvalue weighted by Crippen LogP contribution is -2.37. The fourth-order valence-corrected chi connectivity index (χ4v) is 3.27. The van der Waals surface area contributed by atoms with E-state index in [2.05, 4.69) is 26.2 Å². The van der Waals surface area contributed by atoms with Crippen molar-refractivity contribution < 1.29 is 9.13 Å². The number of nitrogens with two attached hydrogens (primary N) is 1. The lowest BCUT2D eigenvalue weighted by atomic mass is 10.1. The molecule has 0 amide bonds. The first-order valence-electron chi connectivity index (χ1n) is 8.53. The predicted molar refractivity (Wildman–Crippen MR) is 96.0 cm³/mol. The highest BCUT2D eigenvalue weighted by atomic mass is 19.1. The molecule has 2 aliphatic rings. The molecule has 0 aliphatic carbocycles. The Kier molecular flexibility index (Phi) is 4.40. The van der Waals surface area contributed by atoms with Gasteiger partial charge in [0.05, 0.1) is 24.6 Å². The summed E-state index contributed by atoms with van der Waals surface area (Å²) in [6, 6.07) is 3.19. The molecule has 4 rings (SSSR count). The van der Waals surface area contributed by atoms with Gasteiger partial charge in [0.2, 0.25) is 5.95 Å². The summed E-state index contributed by atoms with van der Waals surface area (Å²) in [4.78, 5) is 12.9. The topological polar surface area (TPSA) is 67.5 Å². The Bertz CT molecular complexity index is 740. The number of rotatable bonds is 3. The molecule has 2 N–H and O–H groups in total. The van der Waals surface area contributed by atoms with Crippen molar-refractivity contribution in [3.63, 3.8) is 0 Å². The van der Waals surface area contributed by atoms with Crippen LogP contribution >= 0.6 is 0 Å².